The third kappa shape index (κ3) is 5.20. The molecule has 0 bridgehead atoms. The van der Waals surface area contributed by atoms with Crippen molar-refractivity contribution in [1.82, 2.24) is 9.88 Å². The zero-order valence-corrected chi connectivity index (χ0v) is 23.5. The molecule has 2 aliphatic heterocycles. The molecule has 8 heteroatoms. The Morgan fingerprint density at radius 2 is 1.92 bits per heavy atom. The van der Waals surface area contributed by atoms with Crippen LogP contribution < -0.4 is 4.90 Å². The second-order valence-electron chi connectivity index (χ2n) is 9.70. The van der Waals surface area contributed by atoms with E-state index in [-0.39, 0.29) is 23.8 Å². The maximum Gasteiger partial charge on any atom is 0.309 e. The van der Waals surface area contributed by atoms with Crippen molar-refractivity contribution < 1.29 is 14.3 Å². The Hall–Kier alpha value is -3.23. The third-order valence-electron chi connectivity index (χ3n) is 7.25. The smallest absolute Gasteiger partial charge is 0.309 e. The fourth-order valence-corrected chi connectivity index (χ4v) is 6.54. The molecule has 5 rings (SSSR count). The van der Waals surface area contributed by atoms with E-state index in [2.05, 4.69) is 24.0 Å². The number of carbonyl (C=O) groups excluding carboxylic acids is 2. The molecular formula is C30H31N3O3S2. The molecule has 1 unspecified atom stereocenters. The minimum absolute atomic E-state index is 0.0901. The highest BCUT2D eigenvalue weighted by atomic mass is 32.2. The maximum absolute atomic E-state index is 13.6. The predicted molar refractivity (Wildman–Crippen MR) is 158 cm³/mol. The number of benzene rings is 2. The van der Waals surface area contributed by atoms with E-state index in [1.54, 1.807) is 4.90 Å². The zero-order valence-electron chi connectivity index (χ0n) is 21.8. The van der Waals surface area contributed by atoms with E-state index >= 15 is 0 Å². The first-order valence-corrected chi connectivity index (χ1v) is 14.2. The van der Waals surface area contributed by atoms with E-state index in [0.29, 0.717) is 41.8 Å². The number of hydrogen-bond acceptors (Lipinski definition) is 7. The van der Waals surface area contributed by atoms with E-state index in [1.807, 2.05) is 62.4 Å². The molecule has 0 radical (unpaired) electrons. The van der Waals surface area contributed by atoms with Crippen LogP contribution in [0, 0.1) is 12.8 Å². The van der Waals surface area contributed by atoms with Gasteiger partial charge in [0, 0.05) is 24.0 Å². The molecule has 0 aliphatic carbocycles. The lowest BCUT2D eigenvalue weighted by atomic mass is 9.96. The number of thioether (sulfide) groups is 1. The van der Waals surface area contributed by atoms with Crippen molar-refractivity contribution in [2.24, 2.45) is 5.92 Å². The Kier molecular flexibility index (Phi) is 7.81. The Morgan fingerprint density at radius 1 is 1.18 bits per heavy atom. The summed E-state index contributed by atoms with van der Waals surface area (Å²) in [4.78, 5) is 35.5. The van der Waals surface area contributed by atoms with Crippen LogP contribution in [0.25, 0.3) is 17.0 Å². The average molecular weight is 546 g/mol. The van der Waals surface area contributed by atoms with Gasteiger partial charge in [-0.1, -0.05) is 72.5 Å². The van der Waals surface area contributed by atoms with Crippen LogP contribution in [-0.2, 0) is 14.3 Å². The number of aryl methyl sites for hydroxylation is 1. The fourth-order valence-electron chi connectivity index (χ4n) is 5.14. The molecule has 0 saturated carbocycles. The van der Waals surface area contributed by atoms with Gasteiger partial charge in [0.2, 0.25) is 0 Å². The molecule has 3 heterocycles. The standard InChI is InChI=1S/C30H31N3O3S2/c1-4-36-29(35)22-13-15-32(16-14-22)27-24(17-23-12-8-9-19(2)26(23)31-27)18-25-28(34)33(30(37)38-25)20(3)21-10-6-5-7-11-21/h5-12,17-18,20,22H,4,13-16H2,1-3H3/b25-18-. The number of fused-ring (bicyclic) bond motifs is 1. The Labute approximate surface area is 233 Å². The van der Waals surface area contributed by atoms with E-state index in [4.69, 9.17) is 21.9 Å². The highest BCUT2D eigenvalue weighted by Crippen LogP contribution is 2.39. The maximum atomic E-state index is 13.6. The first-order chi connectivity index (χ1) is 18.4. The number of rotatable bonds is 6. The van der Waals surface area contributed by atoms with E-state index < -0.39 is 0 Å². The molecule has 38 heavy (non-hydrogen) atoms. The van der Waals surface area contributed by atoms with Gasteiger partial charge in [0.25, 0.3) is 5.91 Å². The summed E-state index contributed by atoms with van der Waals surface area (Å²) in [5.41, 5.74) is 3.96. The van der Waals surface area contributed by atoms with Gasteiger partial charge in [-0.05, 0) is 56.9 Å². The molecule has 2 fully saturated rings. The lowest BCUT2D eigenvalue weighted by molar-refractivity contribution is -0.148. The highest BCUT2D eigenvalue weighted by molar-refractivity contribution is 8.26. The van der Waals surface area contributed by atoms with Gasteiger partial charge in [-0.15, -0.1) is 0 Å². The van der Waals surface area contributed by atoms with Gasteiger partial charge in [0.1, 0.15) is 10.1 Å². The highest BCUT2D eigenvalue weighted by Gasteiger charge is 2.36. The number of pyridine rings is 1. The van der Waals surface area contributed by atoms with Crippen LogP contribution in [0.2, 0.25) is 0 Å². The van der Waals surface area contributed by atoms with Gasteiger partial charge in [0.15, 0.2) is 0 Å². The van der Waals surface area contributed by atoms with Crippen LogP contribution in [0.4, 0.5) is 5.82 Å². The molecule has 2 aliphatic rings. The van der Waals surface area contributed by atoms with E-state index in [0.717, 1.165) is 33.4 Å². The molecule has 2 aromatic carbocycles. The number of para-hydroxylation sites is 1. The molecule has 6 nitrogen and oxygen atoms in total. The van der Waals surface area contributed by atoms with Crippen molar-refractivity contribution in [3.63, 3.8) is 0 Å². The molecule has 196 valence electrons. The van der Waals surface area contributed by atoms with Crippen LogP contribution in [0.3, 0.4) is 0 Å². The summed E-state index contributed by atoms with van der Waals surface area (Å²) >= 11 is 6.99. The van der Waals surface area contributed by atoms with Crippen LogP contribution >= 0.6 is 24.0 Å². The summed E-state index contributed by atoms with van der Waals surface area (Å²) in [5.74, 6) is 0.529. The van der Waals surface area contributed by atoms with E-state index in [1.165, 1.54) is 11.8 Å². The number of amides is 1. The molecule has 1 atom stereocenters. The van der Waals surface area contributed by atoms with Crippen molar-refractivity contribution >= 4 is 63.0 Å². The largest absolute Gasteiger partial charge is 0.466 e. The lowest BCUT2D eigenvalue weighted by Crippen LogP contribution is -2.37. The van der Waals surface area contributed by atoms with Crippen molar-refractivity contribution in [1.29, 1.82) is 0 Å². The predicted octanol–water partition coefficient (Wildman–Crippen LogP) is 6.29. The Balaban J connectivity index is 1.48. The summed E-state index contributed by atoms with van der Waals surface area (Å²) < 4.78 is 5.81. The summed E-state index contributed by atoms with van der Waals surface area (Å²) in [6, 6.07) is 18.0. The number of carbonyl (C=O) groups is 2. The molecular weight excluding hydrogens is 514 g/mol. The van der Waals surface area contributed by atoms with Crippen LogP contribution in [0.5, 0.6) is 0 Å². The molecule has 2 saturated heterocycles. The second kappa shape index (κ2) is 11.3. The van der Waals surface area contributed by atoms with Crippen molar-refractivity contribution in [2.75, 3.05) is 24.6 Å². The first-order valence-electron chi connectivity index (χ1n) is 13.0. The van der Waals surface area contributed by atoms with Gasteiger partial charge in [-0.2, -0.15) is 0 Å². The summed E-state index contributed by atoms with van der Waals surface area (Å²) in [7, 11) is 0. The van der Waals surface area contributed by atoms with Gasteiger partial charge < -0.3 is 9.64 Å². The average Bonchev–Trinajstić information content (AvgIpc) is 3.21. The van der Waals surface area contributed by atoms with Crippen molar-refractivity contribution in [3.8, 4) is 0 Å². The SMILES string of the molecule is CCOC(=O)C1CCN(c2nc3c(C)cccc3cc2/C=C2\SC(=S)N(C(C)c3ccccc3)C2=O)CC1. The summed E-state index contributed by atoms with van der Waals surface area (Å²) in [6.07, 6.45) is 3.35. The fraction of sp³-hybridized carbons (Fsp3) is 0.333. The minimum atomic E-state index is -0.159. The quantitative estimate of drug-likeness (QED) is 0.205. The summed E-state index contributed by atoms with van der Waals surface area (Å²) in [6.45, 7) is 7.69. The molecule has 1 amide bonds. The molecule has 1 aromatic heterocycles. The number of aromatic nitrogens is 1. The lowest BCUT2D eigenvalue weighted by Gasteiger charge is -2.33. The Bertz CT molecular complexity index is 1420. The van der Waals surface area contributed by atoms with Gasteiger partial charge in [0.05, 0.1) is 29.0 Å². The normalized spacial score (nSPS) is 18.4. The number of piperidine rings is 1. The number of ether oxygens (including phenoxy) is 1. The number of thiocarbonyl (C=S) groups is 1. The summed E-state index contributed by atoms with van der Waals surface area (Å²) in [5, 5.41) is 1.02. The van der Waals surface area contributed by atoms with Gasteiger partial charge in [-0.3, -0.25) is 14.5 Å². The van der Waals surface area contributed by atoms with Gasteiger partial charge in [-0.25, -0.2) is 4.98 Å². The first kappa shape index (κ1) is 26.4. The topological polar surface area (TPSA) is 62.7 Å². The second-order valence-corrected chi connectivity index (χ2v) is 11.4. The van der Waals surface area contributed by atoms with E-state index in [9.17, 15) is 9.59 Å². The number of esters is 1. The number of hydrogen-bond donors (Lipinski definition) is 0. The van der Waals surface area contributed by atoms with Crippen molar-refractivity contribution in [2.45, 2.75) is 39.7 Å². The van der Waals surface area contributed by atoms with Gasteiger partial charge >= 0.3 is 5.97 Å². The van der Waals surface area contributed by atoms with Crippen molar-refractivity contribution in [3.05, 3.63) is 76.2 Å². The van der Waals surface area contributed by atoms with Crippen LogP contribution in [0.15, 0.2) is 59.5 Å². The zero-order chi connectivity index (χ0) is 26.8. The van der Waals surface area contributed by atoms with Crippen LogP contribution in [-0.4, -0.2) is 45.8 Å². The van der Waals surface area contributed by atoms with Crippen LogP contribution in [0.1, 0.15) is 49.4 Å². The monoisotopic (exact) mass is 545 g/mol. The third-order valence-corrected chi connectivity index (χ3v) is 8.58. The molecule has 0 N–H and O–H groups in total. The number of nitrogens with zero attached hydrogens (tertiary/aromatic N) is 3. The Morgan fingerprint density at radius 3 is 2.63 bits per heavy atom. The molecule has 3 aromatic rings. The minimum Gasteiger partial charge on any atom is -0.466 e. The number of anilines is 1. The molecule has 0 spiro atoms.